The van der Waals surface area contributed by atoms with Gasteiger partial charge < -0.3 is 5.73 Å². The van der Waals surface area contributed by atoms with E-state index < -0.39 is 0 Å². The molecule has 0 aliphatic rings. The number of hydrogen-bond donors (Lipinski definition) is 1. The van der Waals surface area contributed by atoms with E-state index in [0.29, 0.717) is 6.54 Å². The first-order valence-electron chi connectivity index (χ1n) is 5.29. The quantitative estimate of drug-likeness (QED) is 0.930. The zero-order valence-corrected chi connectivity index (χ0v) is 10.9. The minimum absolute atomic E-state index is 0. The second-order valence-corrected chi connectivity index (χ2v) is 4.10. The SMILES string of the molecule is Cl.NCCCc1cnn(-c2ccc(Cl)cc2)c1. The van der Waals surface area contributed by atoms with Gasteiger partial charge in [-0.25, -0.2) is 4.68 Å². The minimum Gasteiger partial charge on any atom is -0.330 e. The smallest absolute Gasteiger partial charge is 0.0646 e. The number of nitrogens with zero attached hydrogens (tertiary/aromatic N) is 2. The highest BCUT2D eigenvalue weighted by Crippen LogP contribution is 2.13. The van der Waals surface area contributed by atoms with Crippen molar-refractivity contribution >= 4 is 24.0 Å². The molecule has 0 spiro atoms. The van der Waals surface area contributed by atoms with Gasteiger partial charge in [0.2, 0.25) is 0 Å². The molecule has 17 heavy (non-hydrogen) atoms. The van der Waals surface area contributed by atoms with Gasteiger partial charge >= 0.3 is 0 Å². The molecule has 0 fully saturated rings. The third-order valence-corrected chi connectivity index (χ3v) is 2.65. The van der Waals surface area contributed by atoms with Crippen molar-refractivity contribution in [1.29, 1.82) is 0 Å². The molecule has 2 aromatic rings. The summed E-state index contributed by atoms with van der Waals surface area (Å²) in [6.45, 7) is 0.714. The van der Waals surface area contributed by atoms with Crippen LogP contribution in [0, 0.1) is 0 Å². The van der Waals surface area contributed by atoms with Gasteiger partial charge in [-0.1, -0.05) is 11.6 Å². The monoisotopic (exact) mass is 271 g/mol. The maximum Gasteiger partial charge on any atom is 0.0646 e. The molecule has 0 saturated heterocycles. The highest BCUT2D eigenvalue weighted by molar-refractivity contribution is 6.30. The van der Waals surface area contributed by atoms with Gasteiger partial charge in [-0.05, 0) is 49.2 Å². The molecule has 2 rings (SSSR count). The summed E-state index contributed by atoms with van der Waals surface area (Å²) in [5, 5.41) is 5.04. The molecule has 0 saturated carbocycles. The van der Waals surface area contributed by atoms with E-state index in [0.717, 1.165) is 23.6 Å². The summed E-state index contributed by atoms with van der Waals surface area (Å²) < 4.78 is 1.85. The van der Waals surface area contributed by atoms with E-state index in [9.17, 15) is 0 Å². The number of nitrogens with two attached hydrogens (primary N) is 1. The predicted molar refractivity (Wildman–Crippen MR) is 73.2 cm³/mol. The molecule has 2 N–H and O–H groups in total. The lowest BCUT2D eigenvalue weighted by molar-refractivity contribution is 0.831. The third kappa shape index (κ3) is 3.73. The standard InChI is InChI=1S/C12H14ClN3.ClH/c13-11-3-5-12(6-4-11)16-9-10(8-15-16)2-1-7-14;/h3-6,8-9H,1-2,7,14H2;1H. The Morgan fingerprint density at radius 2 is 1.94 bits per heavy atom. The Hall–Kier alpha value is -1.03. The van der Waals surface area contributed by atoms with Crippen LogP contribution in [0.2, 0.25) is 5.02 Å². The molecular weight excluding hydrogens is 257 g/mol. The fourth-order valence-electron chi connectivity index (χ4n) is 1.53. The lowest BCUT2D eigenvalue weighted by Gasteiger charge is -2.00. The van der Waals surface area contributed by atoms with E-state index >= 15 is 0 Å². The van der Waals surface area contributed by atoms with Crippen molar-refractivity contribution in [3.05, 3.63) is 47.2 Å². The van der Waals surface area contributed by atoms with Gasteiger partial charge in [0.1, 0.15) is 0 Å². The molecule has 0 amide bonds. The molecule has 1 heterocycles. The highest BCUT2D eigenvalue weighted by Gasteiger charge is 2.00. The Morgan fingerprint density at radius 1 is 1.24 bits per heavy atom. The van der Waals surface area contributed by atoms with E-state index in [1.165, 1.54) is 5.56 Å². The minimum atomic E-state index is 0. The van der Waals surface area contributed by atoms with Gasteiger partial charge in [0.25, 0.3) is 0 Å². The summed E-state index contributed by atoms with van der Waals surface area (Å²) in [6, 6.07) is 7.61. The number of benzene rings is 1. The number of rotatable bonds is 4. The molecule has 0 atom stereocenters. The first kappa shape index (κ1) is 14.0. The summed E-state index contributed by atoms with van der Waals surface area (Å²) in [6.07, 6.45) is 5.87. The first-order chi connectivity index (χ1) is 7.79. The summed E-state index contributed by atoms with van der Waals surface area (Å²) in [5.74, 6) is 0. The predicted octanol–water partition coefficient (Wildman–Crippen LogP) is 2.84. The molecule has 3 nitrogen and oxygen atoms in total. The average molecular weight is 272 g/mol. The van der Waals surface area contributed by atoms with Gasteiger partial charge in [-0.2, -0.15) is 5.10 Å². The van der Waals surface area contributed by atoms with Crippen molar-refractivity contribution in [2.45, 2.75) is 12.8 Å². The number of hydrogen-bond acceptors (Lipinski definition) is 2. The fraction of sp³-hybridized carbons (Fsp3) is 0.250. The van der Waals surface area contributed by atoms with E-state index in [4.69, 9.17) is 17.3 Å². The van der Waals surface area contributed by atoms with Crippen LogP contribution in [0.5, 0.6) is 0 Å². The van der Waals surface area contributed by atoms with E-state index in [1.54, 1.807) is 0 Å². The van der Waals surface area contributed by atoms with Crippen LogP contribution in [0.15, 0.2) is 36.7 Å². The third-order valence-electron chi connectivity index (χ3n) is 2.40. The lowest BCUT2D eigenvalue weighted by Crippen LogP contribution is -1.99. The Kier molecular flexibility index (Phi) is 5.48. The number of aromatic nitrogens is 2. The van der Waals surface area contributed by atoms with Crippen LogP contribution in [0.1, 0.15) is 12.0 Å². The first-order valence-corrected chi connectivity index (χ1v) is 5.67. The van der Waals surface area contributed by atoms with Gasteiger partial charge in [0, 0.05) is 11.2 Å². The Labute approximate surface area is 112 Å². The van der Waals surface area contributed by atoms with E-state index in [1.807, 2.05) is 41.3 Å². The molecule has 0 aliphatic carbocycles. The molecule has 1 aromatic carbocycles. The molecule has 1 aromatic heterocycles. The largest absolute Gasteiger partial charge is 0.330 e. The van der Waals surface area contributed by atoms with Crippen molar-refractivity contribution in [1.82, 2.24) is 9.78 Å². The van der Waals surface area contributed by atoms with Crippen molar-refractivity contribution in [2.24, 2.45) is 5.73 Å². The van der Waals surface area contributed by atoms with Crippen molar-refractivity contribution in [2.75, 3.05) is 6.54 Å². The normalized spacial score (nSPS) is 10.0. The number of halogens is 2. The Balaban J connectivity index is 0.00000144. The summed E-state index contributed by atoms with van der Waals surface area (Å²) in [4.78, 5) is 0. The maximum absolute atomic E-state index is 5.83. The topological polar surface area (TPSA) is 43.8 Å². The van der Waals surface area contributed by atoms with Crippen LogP contribution in [0.3, 0.4) is 0 Å². The number of aryl methyl sites for hydroxylation is 1. The summed E-state index contributed by atoms with van der Waals surface area (Å²) in [7, 11) is 0. The molecule has 0 unspecified atom stereocenters. The Bertz CT molecular complexity index is 451. The average Bonchev–Trinajstić information content (AvgIpc) is 2.76. The van der Waals surface area contributed by atoms with E-state index in [-0.39, 0.29) is 12.4 Å². The molecule has 0 radical (unpaired) electrons. The second-order valence-electron chi connectivity index (χ2n) is 3.66. The fourth-order valence-corrected chi connectivity index (χ4v) is 1.66. The summed E-state index contributed by atoms with van der Waals surface area (Å²) >= 11 is 5.83. The van der Waals surface area contributed by atoms with Gasteiger partial charge in [-0.15, -0.1) is 12.4 Å². The molecular formula is C12H15Cl2N3. The molecule has 5 heteroatoms. The molecule has 0 bridgehead atoms. The van der Waals surface area contributed by atoms with Gasteiger partial charge in [0.15, 0.2) is 0 Å². The van der Waals surface area contributed by atoms with Crippen LogP contribution in [-0.4, -0.2) is 16.3 Å². The zero-order chi connectivity index (χ0) is 11.4. The van der Waals surface area contributed by atoms with E-state index in [2.05, 4.69) is 5.10 Å². The maximum atomic E-state index is 5.83. The van der Waals surface area contributed by atoms with Crippen LogP contribution in [0.4, 0.5) is 0 Å². The second kappa shape index (κ2) is 6.64. The van der Waals surface area contributed by atoms with Crippen molar-refractivity contribution in [3.8, 4) is 5.69 Å². The van der Waals surface area contributed by atoms with Crippen LogP contribution in [0.25, 0.3) is 5.69 Å². The molecule has 0 aliphatic heterocycles. The van der Waals surface area contributed by atoms with Gasteiger partial charge in [0.05, 0.1) is 11.9 Å². The van der Waals surface area contributed by atoms with Crippen molar-refractivity contribution < 1.29 is 0 Å². The van der Waals surface area contributed by atoms with Gasteiger partial charge in [-0.3, -0.25) is 0 Å². The Morgan fingerprint density at radius 3 is 2.59 bits per heavy atom. The van der Waals surface area contributed by atoms with Crippen LogP contribution in [-0.2, 0) is 6.42 Å². The molecule has 92 valence electrons. The van der Waals surface area contributed by atoms with Crippen molar-refractivity contribution in [3.63, 3.8) is 0 Å². The summed E-state index contributed by atoms with van der Waals surface area (Å²) in [5.41, 5.74) is 7.69. The highest BCUT2D eigenvalue weighted by atomic mass is 35.5. The lowest BCUT2D eigenvalue weighted by atomic mass is 10.2. The van der Waals surface area contributed by atoms with Crippen LogP contribution >= 0.6 is 24.0 Å². The van der Waals surface area contributed by atoms with Crippen LogP contribution < -0.4 is 5.73 Å². The zero-order valence-electron chi connectivity index (χ0n) is 9.34.